The second-order valence-electron chi connectivity index (χ2n) is 6.74. The molecule has 0 N–H and O–H groups in total. The molecule has 1 saturated heterocycles. The molecule has 0 saturated carbocycles. The Kier molecular flexibility index (Phi) is 5.32. The van der Waals surface area contributed by atoms with E-state index in [-0.39, 0.29) is 17.8 Å². The van der Waals surface area contributed by atoms with Gasteiger partial charge in [0.15, 0.2) is 0 Å². The molecule has 1 aliphatic heterocycles. The first-order chi connectivity index (χ1) is 13.8. The van der Waals surface area contributed by atoms with Crippen molar-refractivity contribution in [1.29, 1.82) is 0 Å². The molecule has 7 nitrogen and oxygen atoms in total. The fourth-order valence-electron chi connectivity index (χ4n) is 3.56. The first kappa shape index (κ1) is 18.2. The second kappa shape index (κ2) is 8.21. The van der Waals surface area contributed by atoms with Crippen molar-refractivity contribution in [3.05, 3.63) is 72.0 Å². The first-order valence-corrected chi connectivity index (χ1v) is 9.40. The van der Waals surface area contributed by atoms with Crippen molar-refractivity contribution in [2.24, 2.45) is 0 Å². The van der Waals surface area contributed by atoms with Crippen molar-refractivity contribution in [2.75, 3.05) is 13.7 Å². The molecule has 144 valence electrons. The number of benzene rings is 1. The molecular weight excluding hydrogens is 356 g/mol. The number of rotatable bonds is 5. The smallest absolute Gasteiger partial charge is 0.292 e. The van der Waals surface area contributed by atoms with Gasteiger partial charge in [-0.2, -0.15) is 0 Å². The van der Waals surface area contributed by atoms with Gasteiger partial charge in [0.2, 0.25) is 11.7 Å². The van der Waals surface area contributed by atoms with Crippen LogP contribution in [0.4, 0.5) is 0 Å². The van der Waals surface area contributed by atoms with Crippen LogP contribution in [0.25, 0.3) is 0 Å². The van der Waals surface area contributed by atoms with E-state index in [2.05, 4.69) is 15.0 Å². The topological polar surface area (TPSA) is 81.4 Å². The maximum atomic E-state index is 12.9. The normalized spacial score (nSPS) is 16.8. The number of hydrogen-bond donors (Lipinski definition) is 0. The number of ether oxygens (including phenoxy) is 1. The Labute approximate surface area is 163 Å². The van der Waals surface area contributed by atoms with E-state index in [4.69, 9.17) is 9.15 Å². The predicted molar refractivity (Wildman–Crippen MR) is 102 cm³/mol. The fourth-order valence-corrected chi connectivity index (χ4v) is 3.56. The minimum absolute atomic E-state index is 0.185. The van der Waals surface area contributed by atoms with Crippen LogP contribution in [-0.2, 0) is 6.42 Å². The molecule has 28 heavy (non-hydrogen) atoms. The van der Waals surface area contributed by atoms with E-state index in [1.165, 1.54) is 0 Å². The highest BCUT2D eigenvalue weighted by Crippen LogP contribution is 2.32. The summed E-state index contributed by atoms with van der Waals surface area (Å²) in [5, 5.41) is 0. The van der Waals surface area contributed by atoms with E-state index in [9.17, 15) is 4.79 Å². The lowest BCUT2D eigenvalue weighted by Gasteiger charge is -2.33. The zero-order valence-corrected chi connectivity index (χ0v) is 15.7. The lowest BCUT2D eigenvalue weighted by Crippen LogP contribution is -2.39. The number of oxazole rings is 1. The highest BCUT2D eigenvalue weighted by molar-refractivity contribution is 5.90. The number of nitrogens with zero attached hydrogens (tertiary/aromatic N) is 4. The third kappa shape index (κ3) is 3.74. The monoisotopic (exact) mass is 378 g/mol. The summed E-state index contributed by atoms with van der Waals surface area (Å²) in [5.41, 5.74) is 1.03. The van der Waals surface area contributed by atoms with Crippen LogP contribution < -0.4 is 4.74 Å². The summed E-state index contributed by atoms with van der Waals surface area (Å²) >= 11 is 0. The number of aromatic nitrogens is 3. The Hall–Kier alpha value is -3.22. The molecule has 1 aromatic carbocycles. The van der Waals surface area contributed by atoms with Crippen LogP contribution in [0.5, 0.6) is 5.75 Å². The highest BCUT2D eigenvalue weighted by atomic mass is 16.5. The fraction of sp³-hybridized carbons (Fsp3) is 0.333. The van der Waals surface area contributed by atoms with Crippen LogP contribution in [0.2, 0.25) is 0 Å². The van der Waals surface area contributed by atoms with E-state index in [0.717, 1.165) is 36.3 Å². The van der Waals surface area contributed by atoms with E-state index < -0.39 is 0 Å². The van der Waals surface area contributed by atoms with Crippen molar-refractivity contribution in [3.63, 3.8) is 0 Å². The van der Waals surface area contributed by atoms with Gasteiger partial charge < -0.3 is 14.1 Å². The number of piperidine rings is 1. The molecule has 1 amide bonds. The average molecular weight is 378 g/mol. The maximum Gasteiger partial charge on any atom is 0.292 e. The molecular formula is C21H22N4O3. The molecule has 0 radical (unpaired) electrons. The quantitative estimate of drug-likeness (QED) is 0.677. The van der Waals surface area contributed by atoms with E-state index in [1.54, 1.807) is 36.7 Å². The zero-order valence-electron chi connectivity index (χ0n) is 15.7. The van der Waals surface area contributed by atoms with Gasteiger partial charge in [-0.05, 0) is 31.4 Å². The third-order valence-corrected chi connectivity index (χ3v) is 4.93. The Morgan fingerprint density at radius 2 is 2.00 bits per heavy atom. The second-order valence-corrected chi connectivity index (χ2v) is 6.74. The highest BCUT2D eigenvalue weighted by Gasteiger charge is 2.33. The van der Waals surface area contributed by atoms with E-state index in [0.29, 0.717) is 18.9 Å². The molecule has 3 aromatic rings. The first-order valence-electron chi connectivity index (χ1n) is 9.40. The molecule has 7 heteroatoms. The molecule has 2 aromatic heterocycles. The Bertz CT molecular complexity index is 942. The number of carbonyl (C=O) groups excluding carboxylic acids is 1. The van der Waals surface area contributed by atoms with Gasteiger partial charge in [0.25, 0.3) is 5.91 Å². The lowest BCUT2D eigenvalue weighted by molar-refractivity contribution is 0.0557. The summed E-state index contributed by atoms with van der Waals surface area (Å²) < 4.78 is 11.5. The summed E-state index contributed by atoms with van der Waals surface area (Å²) in [4.78, 5) is 27.3. The Morgan fingerprint density at radius 1 is 1.18 bits per heavy atom. The van der Waals surface area contributed by atoms with Crippen LogP contribution in [0.3, 0.4) is 0 Å². The molecule has 3 heterocycles. The van der Waals surface area contributed by atoms with Gasteiger partial charge in [-0.1, -0.05) is 18.2 Å². The van der Waals surface area contributed by atoms with Gasteiger partial charge >= 0.3 is 0 Å². The third-order valence-electron chi connectivity index (χ3n) is 4.93. The van der Waals surface area contributed by atoms with Crippen molar-refractivity contribution in [3.8, 4) is 5.75 Å². The minimum Gasteiger partial charge on any atom is -0.496 e. The van der Waals surface area contributed by atoms with Crippen molar-refractivity contribution in [1.82, 2.24) is 19.9 Å². The number of methoxy groups -OCH3 is 1. The largest absolute Gasteiger partial charge is 0.496 e. The van der Waals surface area contributed by atoms with E-state index >= 15 is 0 Å². The SMILES string of the molecule is COc1ccccc1Cc1cnc([C@H]2CCCCN2C(=O)c2ncccn2)o1. The maximum absolute atomic E-state index is 12.9. The predicted octanol–water partition coefficient (Wildman–Crippen LogP) is 3.43. The zero-order chi connectivity index (χ0) is 19.3. The molecule has 1 fully saturated rings. The van der Waals surface area contributed by atoms with Crippen LogP contribution in [-0.4, -0.2) is 39.4 Å². The van der Waals surface area contributed by atoms with E-state index in [1.807, 2.05) is 24.3 Å². The number of hydrogen-bond acceptors (Lipinski definition) is 6. The van der Waals surface area contributed by atoms with Crippen LogP contribution in [0.1, 0.15) is 53.1 Å². The number of amides is 1. The van der Waals surface area contributed by atoms with Gasteiger partial charge in [-0.15, -0.1) is 0 Å². The Morgan fingerprint density at radius 3 is 2.82 bits per heavy atom. The van der Waals surface area contributed by atoms with Crippen LogP contribution in [0.15, 0.2) is 53.3 Å². The summed E-state index contributed by atoms with van der Waals surface area (Å²) in [7, 11) is 1.65. The number of carbonyl (C=O) groups is 1. The van der Waals surface area contributed by atoms with Gasteiger partial charge in [0.1, 0.15) is 17.6 Å². The van der Waals surface area contributed by atoms with Gasteiger partial charge in [0.05, 0.1) is 13.3 Å². The standard InChI is InChI=1S/C21H22N4O3/c1-27-18-9-3-2-7-15(18)13-16-14-24-20(28-16)17-8-4-5-12-25(17)21(26)19-22-10-6-11-23-19/h2-3,6-7,9-11,14,17H,4-5,8,12-13H2,1H3/t17-/m1/s1. The molecule has 0 unspecified atom stereocenters. The van der Waals surface area contributed by atoms with Crippen LogP contribution >= 0.6 is 0 Å². The van der Waals surface area contributed by atoms with Crippen molar-refractivity contribution in [2.45, 2.75) is 31.7 Å². The van der Waals surface area contributed by atoms with Crippen molar-refractivity contribution >= 4 is 5.91 Å². The minimum atomic E-state index is -0.198. The van der Waals surface area contributed by atoms with Gasteiger partial charge in [0, 0.05) is 30.9 Å². The summed E-state index contributed by atoms with van der Waals surface area (Å²) in [5.74, 6) is 2.14. The Balaban J connectivity index is 1.55. The van der Waals surface area contributed by atoms with Gasteiger partial charge in [-0.25, -0.2) is 15.0 Å². The molecule has 0 aliphatic carbocycles. The molecule has 1 atom stereocenters. The summed E-state index contributed by atoms with van der Waals surface area (Å²) in [6.45, 7) is 0.645. The number of para-hydroxylation sites is 1. The average Bonchev–Trinajstić information content (AvgIpc) is 3.22. The summed E-state index contributed by atoms with van der Waals surface area (Å²) in [6, 6.07) is 9.33. The summed E-state index contributed by atoms with van der Waals surface area (Å²) in [6.07, 6.45) is 8.26. The van der Waals surface area contributed by atoms with Gasteiger partial charge in [-0.3, -0.25) is 4.79 Å². The molecule has 0 spiro atoms. The van der Waals surface area contributed by atoms with Crippen molar-refractivity contribution < 1.29 is 13.9 Å². The number of likely N-dealkylation sites (tertiary alicyclic amines) is 1. The molecule has 4 rings (SSSR count). The lowest BCUT2D eigenvalue weighted by atomic mass is 10.0. The van der Waals surface area contributed by atoms with Crippen LogP contribution in [0, 0.1) is 0 Å². The molecule has 0 bridgehead atoms. The molecule has 1 aliphatic rings.